The van der Waals surface area contributed by atoms with Crippen LogP contribution in [0.1, 0.15) is 16.0 Å². The van der Waals surface area contributed by atoms with Crippen LogP contribution in [0.2, 0.25) is 0 Å². The molecular weight excluding hydrogens is 638 g/mol. The fourth-order valence-corrected chi connectivity index (χ4v) is 7.77. The molecule has 1 aromatic heterocycles. The minimum absolute atomic E-state index is 0.121. The molecule has 0 radical (unpaired) electrons. The molecule has 44 heavy (non-hydrogen) atoms. The number of thioether (sulfide) groups is 1. The average Bonchev–Trinajstić information content (AvgIpc) is 3.43. The summed E-state index contributed by atoms with van der Waals surface area (Å²) in [6.07, 6.45) is -3.29. The Balaban J connectivity index is 0.000000676. The molecule has 0 aliphatic heterocycles. The molecule has 15 heteroatoms. The van der Waals surface area contributed by atoms with Crippen LogP contribution in [0.15, 0.2) is 92.9 Å². The number of nitrogens with two attached hydrogens (primary N) is 1. The molecule has 2 amide bonds. The number of anilines is 1. The zero-order valence-corrected chi connectivity index (χ0v) is 25.7. The van der Waals surface area contributed by atoms with Crippen LogP contribution in [-0.2, 0) is 21.2 Å². The third-order valence-electron chi connectivity index (χ3n) is 5.90. The molecule has 0 aliphatic carbocycles. The van der Waals surface area contributed by atoms with Gasteiger partial charge in [-0.05, 0) is 54.1 Å². The van der Waals surface area contributed by atoms with Crippen LogP contribution < -0.4 is 16.4 Å². The predicted octanol–water partition coefficient (Wildman–Crippen LogP) is 6.52. The smallest absolute Gasteiger partial charge is 0.475 e. The number of thiophene rings is 1. The Morgan fingerprint density at radius 1 is 1.02 bits per heavy atom. The van der Waals surface area contributed by atoms with Gasteiger partial charge in [-0.15, -0.1) is 23.1 Å². The van der Waals surface area contributed by atoms with E-state index in [1.165, 1.54) is 29.2 Å². The number of nitrogen functional groups attached to an aromatic ring is 1. The number of amidine groups is 1. The van der Waals surface area contributed by atoms with Gasteiger partial charge in [0.2, 0.25) is 9.84 Å². The van der Waals surface area contributed by atoms with Crippen LogP contribution in [0.4, 0.5) is 23.7 Å². The van der Waals surface area contributed by atoms with Gasteiger partial charge >= 0.3 is 18.2 Å². The third-order valence-corrected chi connectivity index (χ3v) is 10.2. The maximum atomic E-state index is 13.6. The van der Waals surface area contributed by atoms with E-state index < -0.39 is 22.0 Å². The minimum Gasteiger partial charge on any atom is -0.475 e. The van der Waals surface area contributed by atoms with Gasteiger partial charge in [0.15, 0.2) is 0 Å². The van der Waals surface area contributed by atoms with Crippen LogP contribution in [0.25, 0.3) is 11.1 Å². The number of carboxylic acids is 1. The van der Waals surface area contributed by atoms with Gasteiger partial charge in [-0.3, -0.25) is 5.41 Å². The number of carbonyl (C=O) groups excluding carboxylic acids is 1. The molecule has 0 unspecified atom stereocenters. The van der Waals surface area contributed by atoms with E-state index in [1.54, 1.807) is 30.5 Å². The van der Waals surface area contributed by atoms with Crippen molar-refractivity contribution in [1.82, 2.24) is 5.32 Å². The molecular formula is C29H27F3N4O5S3. The van der Waals surface area contributed by atoms with Crippen LogP contribution in [-0.4, -0.2) is 43.8 Å². The summed E-state index contributed by atoms with van der Waals surface area (Å²) in [7, 11) is -3.88. The molecule has 232 valence electrons. The maximum Gasteiger partial charge on any atom is 0.490 e. The molecule has 0 fully saturated rings. The van der Waals surface area contributed by atoms with E-state index in [0.29, 0.717) is 26.9 Å². The first kappa shape index (κ1) is 34.2. The Bertz CT molecular complexity index is 1780. The number of halogens is 3. The quantitative estimate of drug-likeness (QED) is 0.0814. The van der Waals surface area contributed by atoms with E-state index in [4.69, 9.17) is 21.0 Å². The van der Waals surface area contributed by atoms with E-state index in [0.717, 1.165) is 16.7 Å². The van der Waals surface area contributed by atoms with Gasteiger partial charge in [0.1, 0.15) is 5.84 Å². The number of benzene rings is 3. The molecule has 4 rings (SSSR count). The molecule has 3 aromatic carbocycles. The van der Waals surface area contributed by atoms with Gasteiger partial charge in [-0.25, -0.2) is 18.0 Å². The van der Waals surface area contributed by atoms with Gasteiger partial charge in [-0.1, -0.05) is 54.6 Å². The van der Waals surface area contributed by atoms with Gasteiger partial charge < -0.3 is 21.5 Å². The fourth-order valence-electron chi connectivity index (χ4n) is 3.87. The van der Waals surface area contributed by atoms with E-state index in [2.05, 4.69) is 10.6 Å². The lowest BCUT2D eigenvalue weighted by molar-refractivity contribution is -0.192. The number of aliphatic carboxylic acids is 1. The molecule has 0 bridgehead atoms. The van der Waals surface area contributed by atoms with E-state index >= 15 is 0 Å². The number of hydrogen-bond acceptors (Lipinski definition) is 7. The summed E-state index contributed by atoms with van der Waals surface area (Å²) in [5.74, 6) is -2.93. The summed E-state index contributed by atoms with van der Waals surface area (Å²) in [6.45, 7) is 2.29. The summed E-state index contributed by atoms with van der Waals surface area (Å²) in [5.41, 5.74) is 9.43. The van der Waals surface area contributed by atoms with Gasteiger partial charge in [-0.2, -0.15) is 13.2 Å². The Kier molecular flexibility index (Phi) is 11.2. The van der Waals surface area contributed by atoms with Gasteiger partial charge in [0, 0.05) is 12.1 Å². The third kappa shape index (κ3) is 8.61. The Morgan fingerprint density at radius 2 is 1.66 bits per heavy atom. The lowest BCUT2D eigenvalue weighted by Crippen LogP contribution is -2.28. The lowest BCUT2D eigenvalue weighted by atomic mass is 9.98. The predicted molar refractivity (Wildman–Crippen MR) is 165 cm³/mol. The molecule has 0 saturated heterocycles. The molecule has 0 spiro atoms. The number of hydrogen-bond donors (Lipinski definition) is 5. The highest BCUT2D eigenvalue weighted by atomic mass is 32.2. The second-order valence-corrected chi connectivity index (χ2v) is 13.1. The SMILES string of the molecule is CSc1sc(C(=N)N)cc1S(=O)(=O)c1cccc(-c2c(C)cccc2NC(=O)NCc2ccccc2)c1.O=C(O)C(F)(F)F. The number of nitrogens with one attached hydrogen (secondary N) is 3. The average molecular weight is 665 g/mol. The Morgan fingerprint density at radius 3 is 2.25 bits per heavy atom. The summed E-state index contributed by atoms with van der Waals surface area (Å²) in [4.78, 5) is 22.2. The lowest BCUT2D eigenvalue weighted by Gasteiger charge is -2.16. The van der Waals surface area contributed by atoms with Gasteiger partial charge in [0.05, 0.1) is 24.6 Å². The monoisotopic (exact) mass is 664 g/mol. The Hall–Kier alpha value is -4.34. The number of carboxylic acid groups (broad SMARTS) is 1. The normalized spacial score (nSPS) is 11.2. The van der Waals surface area contributed by atoms with Crippen molar-refractivity contribution in [2.24, 2.45) is 5.73 Å². The van der Waals surface area contributed by atoms with Gasteiger partial charge in [0.25, 0.3) is 0 Å². The van der Waals surface area contributed by atoms with Crippen molar-refractivity contribution < 1.29 is 36.3 Å². The van der Waals surface area contributed by atoms with Crippen LogP contribution in [0.5, 0.6) is 0 Å². The van der Waals surface area contributed by atoms with Crippen molar-refractivity contribution >= 4 is 56.5 Å². The van der Waals surface area contributed by atoms with Crippen molar-refractivity contribution in [3.8, 4) is 11.1 Å². The first-order valence-electron chi connectivity index (χ1n) is 12.5. The number of alkyl halides is 3. The van der Waals surface area contributed by atoms with Crippen molar-refractivity contribution in [2.75, 3.05) is 11.6 Å². The van der Waals surface area contributed by atoms with E-state index in [-0.39, 0.29) is 21.7 Å². The summed E-state index contributed by atoms with van der Waals surface area (Å²) >= 11 is 2.49. The van der Waals surface area contributed by atoms with E-state index in [1.807, 2.05) is 55.5 Å². The first-order valence-corrected chi connectivity index (χ1v) is 16.0. The van der Waals surface area contributed by atoms with Crippen molar-refractivity contribution in [3.05, 3.63) is 94.9 Å². The highest BCUT2D eigenvalue weighted by Gasteiger charge is 2.38. The fraction of sp³-hybridized carbons (Fsp3) is 0.138. The van der Waals surface area contributed by atoms with Crippen LogP contribution in [0.3, 0.4) is 0 Å². The van der Waals surface area contributed by atoms with Crippen LogP contribution >= 0.6 is 23.1 Å². The number of sulfone groups is 1. The molecule has 6 N–H and O–H groups in total. The summed E-state index contributed by atoms with van der Waals surface area (Å²) in [5, 5.41) is 20.6. The molecule has 0 atom stereocenters. The maximum absolute atomic E-state index is 13.6. The highest BCUT2D eigenvalue weighted by molar-refractivity contribution is 8.01. The summed E-state index contributed by atoms with van der Waals surface area (Å²) in [6, 6.07) is 22.9. The zero-order valence-electron chi connectivity index (χ0n) is 23.2. The molecule has 0 aliphatic rings. The number of rotatable bonds is 8. The first-order chi connectivity index (χ1) is 20.6. The molecule has 4 aromatic rings. The second kappa shape index (κ2) is 14.4. The highest BCUT2D eigenvalue weighted by Crippen LogP contribution is 2.39. The zero-order chi connectivity index (χ0) is 32.7. The minimum atomic E-state index is -5.08. The molecule has 1 heterocycles. The number of urea groups is 1. The summed E-state index contributed by atoms with van der Waals surface area (Å²) < 4.78 is 59.5. The largest absolute Gasteiger partial charge is 0.490 e. The molecule has 9 nitrogen and oxygen atoms in total. The van der Waals surface area contributed by atoms with E-state index in [9.17, 15) is 26.4 Å². The topological polar surface area (TPSA) is 162 Å². The van der Waals surface area contributed by atoms with Crippen molar-refractivity contribution in [3.63, 3.8) is 0 Å². The number of carbonyl (C=O) groups is 2. The van der Waals surface area contributed by atoms with Crippen molar-refractivity contribution in [1.29, 1.82) is 5.41 Å². The second-order valence-electron chi connectivity index (χ2n) is 9.01. The standard InChI is InChI=1S/C27H26N4O3S3.C2HF3O2/c1-17-8-6-13-21(31-27(32)30-16-18-9-4-3-5-10-18)24(17)19-11-7-12-20(14-19)37(33,34)23-15-22(25(28)29)36-26(23)35-2;3-2(4,5)1(6)7/h3-15H,16H2,1-2H3,(H3,28,29)(H2,30,31,32);(H,6,7). The van der Waals surface area contributed by atoms with Crippen molar-refractivity contribution in [2.45, 2.75) is 33.6 Å². The number of amides is 2. The molecule has 0 saturated carbocycles. The Labute approximate surface area is 259 Å². The van der Waals surface area contributed by atoms with Crippen LogP contribution in [0, 0.1) is 12.3 Å². The number of aryl methyl sites for hydroxylation is 1.